The quantitative estimate of drug-likeness (QED) is 0.282. The van der Waals surface area contributed by atoms with E-state index in [9.17, 15) is 14.0 Å². The Morgan fingerprint density at radius 2 is 1.62 bits per heavy atom. The fourth-order valence-corrected chi connectivity index (χ4v) is 4.74. The van der Waals surface area contributed by atoms with Crippen LogP contribution >= 0.6 is 0 Å². The lowest BCUT2D eigenvalue weighted by molar-refractivity contribution is 0.0950. The SMILES string of the molecule is CC(C)CCc1c(CF)n(C(=O)c2ccccc2)c(=O)n1Cc1ccc(-c2ccccc2-c2nn[nH]n2)cc1. The molecule has 0 fully saturated rings. The molecule has 0 bridgehead atoms. The van der Waals surface area contributed by atoms with Crippen LogP contribution in [0, 0.1) is 5.92 Å². The van der Waals surface area contributed by atoms with E-state index in [1.165, 1.54) is 0 Å². The van der Waals surface area contributed by atoms with Crippen molar-refractivity contribution in [2.75, 3.05) is 0 Å². The first-order valence-corrected chi connectivity index (χ1v) is 12.9. The summed E-state index contributed by atoms with van der Waals surface area (Å²) in [4.78, 5) is 26.9. The van der Waals surface area contributed by atoms with Crippen LogP contribution in [0.3, 0.4) is 0 Å². The number of alkyl halides is 1. The fraction of sp³-hybridized carbons (Fsp3) is 0.233. The van der Waals surface area contributed by atoms with Crippen LogP contribution in [0.1, 0.15) is 47.6 Å². The van der Waals surface area contributed by atoms with E-state index in [0.717, 1.165) is 33.2 Å². The second-order valence-corrected chi connectivity index (χ2v) is 9.81. The third kappa shape index (κ3) is 5.34. The summed E-state index contributed by atoms with van der Waals surface area (Å²) in [5.74, 6) is 0.332. The molecule has 1 N–H and O–H groups in total. The van der Waals surface area contributed by atoms with Gasteiger partial charge in [-0.15, -0.1) is 10.2 Å². The van der Waals surface area contributed by atoms with Crippen LogP contribution in [-0.4, -0.2) is 35.7 Å². The first-order chi connectivity index (χ1) is 19.0. The van der Waals surface area contributed by atoms with Gasteiger partial charge in [0.05, 0.1) is 12.2 Å². The van der Waals surface area contributed by atoms with Crippen LogP contribution in [0.4, 0.5) is 4.39 Å². The maximum atomic E-state index is 14.4. The largest absolute Gasteiger partial charge is 0.336 e. The average Bonchev–Trinajstić information content (AvgIpc) is 3.59. The minimum absolute atomic E-state index is 0.125. The maximum Gasteiger partial charge on any atom is 0.336 e. The number of aromatic amines is 1. The van der Waals surface area contributed by atoms with Crippen molar-refractivity contribution in [3.05, 3.63) is 112 Å². The highest BCUT2D eigenvalue weighted by Crippen LogP contribution is 2.30. The summed E-state index contributed by atoms with van der Waals surface area (Å²) in [5.41, 5.74) is 4.10. The zero-order chi connectivity index (χ0) is 27.4. The summed E-state index contributed by atoms with van der Waals surface area (Å²) in [6.07, 6.45) is 1.26. The summed E-state index contributed by atoms with van der Waals surface area (Å²) in [7, 11) is 0. The molecule has 0 saturated heterocycles. The third-order valence-electron chi connectivity index (χ3n) is 6.78. The Bertz CT molecular complexity index is 1620. The van der Waals surface area contributed by atoms with Gasteiger partial charge in [-0.25, -0.2) is 13.8 Å². The minimum atomic E-state index is -0.903. The predicted octanol–water partition coefficient (Wildman–Crippen LogP) is 5.29. The number of hydrogen-bond acceptors (Lipinski definition) is 5. The van der Waals surface area contributed by atoms with Gasteiger partial charge in [-0.3, -0.25) is 9.36 Å². The number of H-pyrrole nitrogens is 1. The summed E-state index contributed by atoms with van der Waals surface area (Å²) < 4.78 is 17.0. The molecule has 0 aliphatic carbocycles. The van der Waals surface area contributed by atoms with Crippen molar-refractivity contribution in [2.24, 2.45) is 5.92 Å². The van der Waals surface area contributed by atoms with E-state index in [4.69, 9.17) is 0 Å². The molecular weight excluding hydrogens is 495 g/mol. The molecule has 39 heavy (non-hydrogen) atoms. The molecule has 5 aromatic rings. The number of tetrazole rings is 1. The molecule has 0 unspecified atom stereocenters. The topological polar surface area (TPSA) is 98.5 Å². The standard InChI is InChI=1S/C30H29FN6O2/c1-20(2)12-17-26-27(18-31)37(29(38)23-8-4-3-5-9-23)30(39)36(26)19-21-13-15-22(16-14-21)24-10-6-7-11-25(24)28-32-34-35-33-28/h3-11,13-16,20H,12,17-19H2,1-2H3,(H,32,33,34,35). The van der Waals surface area contributed by atoms with E-state index in [1.54, 1.807) is 34.9 Å². The number of nitrogens with zero attached hydrogens (tertiary/aromatic N) is 5. The van der Waals surface area contributed by atoms with Crippen molar-refractivity contribution in [3.8, 4) is 22.5 Å². The van der Waals surface area contributed by atoms with Gasteiger partial charge in [-0.05, 0) is 52.8 Å². The lowest BCUT2D eigenvalue weighted by atomic mass is 9.98. The van der Waals surface area contributed by atoms with Gasteiger partial charge in [0, 0.05) is 16.8 Å². The highest BCUT2D eigenvalue weighted by Gasteiger charge is 2.25. The lowest BCUT2D eigenvalue weighted by Crippen LogP contribution is -2.31. The molecule has 0 saturated carbocycles. The van der Waals surface area contributed by atoms with Crippen molar-refractivity contribution in [1.82, 2.24) is 29.8 Å². The smallest absolute Gasteiger partial charge is 0.291 e. The molecule has 0 aliphatic heterocycles. The normalized spacial score (nSPS) is 11.3. The first-order valence-electron chi connectivity index (χ1n) is 12.9. The average molecular weight is 525 g/mol. The van der Waals surface area contributed by atoms with Crippen LogP contribution in [0.2, 0.25) is 0 Å². The molecule has 0 atom stereocenters. The minimum Gasteiger partial charge on any atom is -0.291 e. The first kappa shape index (κ1) is 26.0. The zero-order valence-electron chi connectivity index (χ0n) is 21.8. The number of carbonyl (C=O) groups excluding carboxylic acids is 1. The number of hydrogen-bond donors (Lipinski definition) is 1. The van der Waals surface area contributed by atoms with E-state index in [1.807, 2.05) is 48.5 Å². The molecule has 0 radical (unpaired) electrons. The summed E-state index contributed by atoms with van der Waals surface area (Å²) in [6.45, 7) is 3.48. The van der Waals surface area contributed by atoms with E-state index >= 15 is 0 Å². The van der Waals surface area contributed by atoms with Crippen LogP contribution < -0.4 is 5.69 Å². The Kier molecular flexibility index (Phi) is 7.58. The Morgan fingerprint density at radius 3 is 2.26 bits per heavy atom. The molecule has 3 aromatic carbocycles. The maximum absolute atomic E-state index is 14.4. The molecule has 0 aliphatic rings. The van der Waals surface area contributed by atoms with Crippen molar-refractivity contribution in [3.63, 3.8) is 0 Å². The summed E-state index contributed by atoms with van der Waals surface area (Å²) in [5, 5.41) is 14.4. The third-order valence-corrected chi connectivity index (χ3v) is 6.78. The molecule has 0 spiro atoms. The molecule has 2 heterocycles. The zero-order valence-corrected chi connectivity index (χ0v) is 21.8. The molecular formula is C30H29FN6O2. The van der Waals surface area contributed by atoms with E-state index < -0.39 is 18.3 Å². The molecule has 0 amide bonds. The molecule has 9 heteroatoms. The number of rotatable bonds is 9. The predicted molar refractivity (Wildman–Crippen MR) is 147 cm³/mol. The van der Waals surface area contributed by atoms with Crippen molar-refractivity contribution < 1.29 is 9.18 Å². The van der Waals surface area contributed by atoms with E-state index in [0.29, 0.717) is 29.4 Å². The van der Waals surface area contributed by atoms with Gasteiger partial charge in [0.2, 0.25) is 5.82 Å². The Hall–Kier alpha value is -4.66. The van der Waals surface area contributed by atoms with Crippen LogP contribution in [-0.2, 0) is 19.6 Å². The summed E-state index contributed by atoms with van der Waals surface area (Å²) in [6, 6.07) is 24.1. The highest BCUT2D eigenvalue weighted by atomic mass is 19.1. The Labute approximate surface area is 225 Å². The van der Waals surface area contributed by atoms with E-state index in [2.05, 4.69) is 34.5 Å². The van der Waals surface area contributed by atoms with Crippen LogP contribution in [0.15, 0.2) is 83.7 Å². The Balaban J connectivity index is 1.52. The molecule has 8 nitrogen and oxygen atoms in total. The molecule has 2 aromatic heterocycles. The van der Waals surface area contributed by atoms with Gasteiger partial charge in [0.1, 0.15) is 6.67 Å². The highest BCUT2D eigenvalue weighted by molar-refractivity contribution is 5.96. The monoisotopic (exact) mass is 524 g/mol. The van der Waals surface area contributed by atoms with Gasteiger partial charge in [-0.1, -0.05) is 80.6 Å². The number of benzene rings is 3. The second-order valence-electron chi connectivity index (χ2n) is 9.81. The van der Waals surface area contributed by atoms with Crippen molar-refractivity contribution in [2.45, 2.75) is 39.9 Å². The van der Waals surface area contributed by atoms with Crippen LogP contribution in [0.25, 0.3) is 22.5 Å². The number of aromatic nitrogens is 6. The van der Waals surface area contributed by atoms with Gasteiger partial charge in [0.15, 0.2) is 0 Å². The van der Waals surface area contributed by atoms with Gasteiger partial charge in [0.25, 0.3) is 5.91 Å². The lowest BCUT2D eigenvalue weighted by Gasteiger charge is -2.12. The number of carbonyl (C=O) groups is 1. The number of halogens is 1. The fourth-order valence-electron chi connectivity index (χ4n) is 4.74. The van der Waals surface area contributed by atoms with Crippen LogP contribution in [0.5, 0.6) is 0 Å². The van der Waals surface area contributed by atoms with Gasteiger partial charge < -0.3 is 0 Å². The number of imidazole rings is 1. The van der Waals surface area contributed by atoms with E-state index in [-0.39, 0.29) is 12.2 Å². The number of nitrogens with one attached hydrogen (secondary N) is 1. The Morgan fingerprint density at radius 1 is 0.923 bits per heavy atom. The van der Waals surface area contributed by atoms with Crippen molar-refractivity contribution in [1.29, 1.82) is 0 Å². The summed E-state index contributed by atoms with van der Waals surface area (Å²) >= 11 is 0. The molecule has 198 valence electrons. The van der Waals surface area contributed by atoms with Gasteiger partial charge in [-0.2, -0.15) is 5.21 Å². The molecule has 5 rings (SSSR count). The second kappa shape index (κ2) is 11.4. The van der Waals surface area contributed by atoms with Gasteiger partial charge >= 0.3 is 5.69 Å². The van der Waals surface area contributed by atoms with Crippen molar-refractivity contribution >= 4 is 5.91 Å².